The summed E-state index contributed by atoms with van der Waals surface area (Å²) in [5.74, 6) is -0.181. The molecule has 0 unspecified atom stereocenters. The number of carbonyl (C=O) groups is 1. The van der Waals surface area contributed by atoms with Crippen molar-refractivity contribution in [3.05, 3.63) is 73.8 Å². The highest BCUT2D eigenvalue weighted by atomic mass is 35.5. The molecule has 1 N–H and O–H groups in total. The number of thiophene rings is 1. The molecule has 130 valence electrons. The summed E-state index contributed by atoms with van der Waals surface area (Å²) in [6, 6.07) is 15.3. The van der Waals surface area contributed by atoms with Gasteiger partial charge in [-0.15, -0.1) is 22.7 Å². The molecule has 0 radical (unpaired) electrons. The lowest BCUT2D eigenvalue weighted by Crippen LogP contribution is -2.22. The Morgan fingerprint density at radius 2 is 1.85 bits per heavy atom. The molecule has 0 spiro atoms. The molecule has 0 saturated heterocycles. The first-order valence-electron chi connectivity index (χ1n) is 7.77. The van der Waals surface area contributed by atoms with E-state index in [9.17, 15) is 4.79 Å². The number of nitrogens with zero attached hydrogens (tertiary/aromatic N) is 1. The van der Waals surface area contributed by atoms with Gasteiger partial charge in [-0.2, -0.15) is 0 Å². The van der Waals surface area contributed by atoms with Crippen molar-refractivity contribution in [2.45, 2.75) is 6.54 Å². The van der Waals surface area contributed by atoms with E-state index in [0.29, 0.717) is 21.5 Å². The summed E-state index contributed by atoms with van der Waals surface area (Å²) in [5, 5.41) is 7.81. The predicted molar refractivity (Wildman–Crippen MR) is 111 cm³/mol. The van der Waals surface area contributed by atoms with Crippen LogP contribution in [0.15, 0.2) is 53.9 Å². The molecule has 2 aromatic heterocycles. The quantitative estimate of drug-likeness (QED) is 0.424. The number of thiazole rings is 1. The molecular weight excluding hydrogens is 407 g/mol. The number of carbonyl (C=O) groups excluding carboxylic acids is 1. The van der Waals surface area contributed by atoms with Gasteiger partial charge in [0.15, 0.2) is 0 Å². The van der Waals surface area contributed by atoms with Gasteiger partial charge in [0, 0.05) is 26.1 Å². The van der Waals surface area contributed by atoms with Crippen molar-refractivity contribution in [1.82, 2.24) is 10.3 Å². The number of nitrogens with one attached hydrogen (secondary N) is 1. The zero-order chi connectivity index (χ0) is 18.1. The van der Waals surface area contributed by atoms with E-state index in [2.05, 4.69) is 10.3 Å². The molecule has 4 aromatic rings. The molecule has 26 heavy (non-hydrogen) atoms. The summed E-state index contributed by atoms with van der Waals surface area (Å²) in [7, 11) is 0. The van der Waals surface area contributed by atoms with Crippen molar-refractivity contribution in [3.63, 3.8) is 0 Å². The van der Waals surface area contributed by atoms with E-state index in [4.69, 9.17) is 23.2 Å². The Balaban J connectivity index is 1.47. The van der Waals surface area contributed by atoms with Crippen molar-refractivity contribution in [2.24, 2.45) is 0 Å². The smallest absolute Gasteiger partial charge is 0.263 e. The van der Waals surface area contributed by atoms with Crippen LogP contribution in [0.2, 0.25) is 10.0 Å². The van der Waals surface area contributed by atoms with Crippen LogP contribution >= 0.6 is 45.9 Å². The summed E-state index contributed by atoms with van der Waals surface area (Å²) < 4.78 is 1.00. The average Bonchev–Trinajstić information content (AvgIpc) is 3.26. The number of hydrogen-bond acceptors (Lipinski definition) is 4. The highest BCUT2D eigenvalue weighted by Crippen LogP contribution is 2.35. The molecule has 2 aromatic carbocycles. The van der Waals surface area contributed by atoms with Gasteiger partial charge in [-0.25, -0.2) is 4.98 Å². The van der Waals surface area contributed by atoms with Crippen molar-refractivity contribution in [3.8, 4) is 11.3 Å². The lowest BCUT2D eigenvalue weighted by atomic mass is 10.2. The van der Waals surface area contributed by atoms with Crippen molar-refractivity contribution < 1.29 is 4.79 Å². The molecule has 0 bridgehead atoms. The first-order chi connectivity index (χ1) is 12.6. The molecule has 7 heteroatoms. The van der Waals surface area contributed by atoms with Crippen LogP contribution < -0.4 is 5.32 Å². The largest absolute Gasteiger partial charge is 0.345 e. The fourth-order valence-electron chi connectivity index (χ4n) is 2.54. The van der Waals surface area contributed by atoms with Gasteiger partial charge in [0.05, 0.1) is 17.3 Å². The zero-order valence-corrected chi connectivity index (χ0v) is 16.5. The van der Waals surface area contributed by atoms with Gasteiger partial charge in [0.1, 0.15) is 9.88 Å². The third kappa shape index (κ3) is 3.48. The SMILES string of the molecule is O=C(NCc1nc(-c2ccc(Cl)cc2)cs1)c1sc2ccccc2c1Cl. The molecule has 0 aliphatic heterocycles. The maximum absolute atomic E-state index is 12.5. The molecule has 0 saturated carbocycles. The van der Waals surface area contributed by atoms with E-state index < -0.39 is 0 Å². The zero-order valence-electron chi connectivity index (χ0n) is 13.3. The van der Waals surface area contributed by atoms with Crippen LogP contribution in [0.25, 0.3) is 21.3 Å². The monoisotopic (exact) mass is 418 g/mol. The minimum Gasteiger partial charge on any atom is -0.345 e. The molecule has 0 fully saturated rings. The third-order valence-electron chi connectivity index (χ3n) is 3.83. The number of hydrogen-bond donors (Lipinski definition) is 1. The molecule has 0 aliphatic rings. The second kappa shape index (κ2) is 7.37. The standard InChI is InChI=1S/C19H12Cl2N2OS2/c20-12-7-5-11(6-8-12)14-10-25-16(23-14)9-22-19(24)18-17(21)13-3-1-2-4-15(13)26-18/h1-8,10H,9H2,(H,22,24). The Labute approximate surface area is 168 Å². The number of amides is 1. The first-order valence-corrected chi connectivity index (χ1v) is 10.2. The van der Waals surface area contributed by atoms with E-state index in [1.807, 2.05) is 53.9 Å². The summed E-state index contributed by atoms with van der Waals surface area (Å²) in [5.41, 5.74) is 1.87. The van der Waals surface area contributed by atoms with E-state index in [0.717, 1.165) is 26.4 Å². The number of aromatic nitrogens is 1. The van der Waals surface area contributed by atoms with Gasteiger partial charge < -0.3 is 5.32 Å². The van der Waals surface area contributed by atoms with E-state index >= 15 is 0 Å². The van der Waals surface area contributed by atoms with Gasteiger partial charge in [0.2, 0.25) is 0 Å². The highest BCUT2D eigenvalue weighted by molar-refractivity contribution is 7.21. The minimum atomic E-state index is -0.181. The minimum absolute atomic E-state index is 0.181. The summed E-state index contributed by atoms with van der Waals surface area (Å²) in [6.45, 7) is 0.363. The lowest BCUT2D eigenvalue weighted by molar-refractivity contribution is 0.0955. The predicted octanol–water partition coefficient (Wildman–Crippen LogP) is 6.26. The van der Waals surface area contributed by atoms with Crippen molar-refractivity contribution in [1.29, 1.82) is 0 Å². The Bertz CT molecular complexity index is 1090. The molecular formula is C19H12Cl2N2OS2. The van der Waals surface area contributed by atoms with Crippen LogP contribution in [0.3, 0.4) is 0 Å². The van der Waals surface area contributed by atoms with Crippen LogP contribution in [0.5, 0.6) is 0 Å². The third-order valence-corrected chi connectivity index (χ3v) is 6.61. The highest BCUT2D eigenvalue weighted by Gasteiger charge is 2.17. The number of fused-ring (bicyclic) bond motifs is 1. The lowest BCUT2D eigenvalue weighted by Gasteiger charge is -2.01. The van der Waals surface area contributed by atoms with Crippen molar-refractivity contribution in [2.75, 3.05) is 0 Å². The van der Waals surface area contributed by atoms with Crippen LogP contribution in [-0.4, -0.2) is 10.9 Å². The fraction of sp³-hybridized carbons (Fsp3) is 0.0526. The molecule has 0 atom stereocenters. The Hall–Kier alpha value is -1.92. The summed E-state index contributed by atoms with van der Waals surface area (Å²) in [6.07, 6.45) is 0. The molecule has 3 nitrogen and oxygen atoms in total. The van der Waals surface area contributed by atoms with Crippen LogP contribution in [-0.2, 0) is 6.54 Å². The van der Waals surface area contributed by atoms with Crippen LogP contribution in [0, 0.1) is 0 Å². The van der Waals surface area contributed by atoms with Gasteiger partial charge in [-0.3, -0.25) is 4.79 Å². The second-order valence-electron chi connectivity index (χ2n) is 5.56. The molecule has 2 heterocycles. The molecule has 0 aliphatic carbocycles. The normalized spacial score (nSPS) is 11.0. The van der Waals surface area contributed by atoms with E-state index in [1.165, 1.54) is 22.7 Å². The van der Waals surface area contributed by atoms with Crippen LogP contribution in [0.1, 0.15) is 14.7 Å². The Kier molecular flexibility index (Phi) is 4.96. The van der Waals surface area contributed by atoms with Gasteiger partial charge in [0.25, 0.3) is 5.91 Å². The molecule has 4 rings (SSSR count). The number of rotatable bonds is 4. The molecule has 1 amide bonds. The fourth-order valence-corrected chi connectivity index (χ4v) is 4.84. The number of benzene rings is 2. The Morgan fingerprint density at radius 1 is 1.08 bits per heavy atom. The van der Waals surface area contributed by atoms with Gasteiger partial charge >= 0.3 is 0 Å². The van der Waals surface area contributed by atoms with Gasteiger partial charge in [-0.05, 0) is 18.2 Å². The Morgan fingerprint density at radius 3 is 2.62 bits per heavy atom. The number of halogens is 2. The average molecular weight is 419 g/mol. The van der Waals surface area contributed by atoms with E-state index in [1.54, 1.807) is 0 Å². The maximum atomic E-state index is 12.5. The van der Waals surface area contributed by atoms with E-state index in [-0.39, 0.29) is 5.91 Å². The topological polar surface area (TPSA) is 42.0 Å². The van der Waals surface area contributed by atoms with Gasteiger partial charge in [-0.1, -0.05) is 53.5 Å². The first kappa shape index (κ1) is 17.5. The van der Waals surface area contributed by atoms with Crippen molar-refractivity contribution >= 4 is 61.9 Å². The maximum Gasteiger partial charge on any atom is 0.263 e. The summed E-state index contributed by atoms with van der Waals surface area (Å²) in [4.78, 5) is 17.6. The summed E-state index contributed by atoms with van der Waals surface area (Å²) >= 11 is 15.2. The second-order valence-corrected chi connectivity index (χ2v) is 8.37. The van der Waals surface area contributed by atoms with Crippen LogP contribution in [0.4, 0.5) is 0 Å².